The van der Waals surface area contributed by atoms with Crippen molar-refractivity contribution >= 4 is 77.4 Å². The molecule has 0 unspecified atom stereocenters. The lowest BCUT2D eigenvalue weighted by Crippen LogP contribution is -2.01. The largest absolute Gasteiger partial charge is 0.294 e. The maximum atomic E-state index is 6.21. The Hall–Kier alpha value is -3.63. The molecule has 3 aromatic heterocycles. The Morgan fingerprint density at radius 3 is 2.42 bits per heavy atom. The van der Waals surface area contributed by atoms with E-state index in [1.54, 1.807) is 11.3 Å². The number of rotatable bonds is 1. The highest BCUT2D eigenvalue weighted by Gasteiger charge is 2.16. The van der Waals surface area contributed by atoms with Crippen LogP contribution in [0, 0.1) is 0 Å². The minimum absolute atomic E-state index is 0.770. The molecule has 0 aliphatic rings. The van der Waals surface area contributed by atoms with Crippen LogP contribution in [0.3, 0.4) is 0 Å². The minimum Gasteiger partial charge on any atom is -0.294 e. The monoisotopic (exact) mass is 410 g/mol. The molecule has 0 atom stereocenters. The van der Waals surface area contributed by atoms with E-state index >= 15 is 0 Å². The maximum absolute atomic E-state index is 6.21. The third kappa shape index (κ3) is 2.37. The van der Waals surface area contributed by atoms with Crippen molar-refractivity contribution in [2.24, 2.45) is 0 Å². The van der Waals surface area contributed by atoms with Gasteiger partial charge in [0, 0.05) is 32.4 Å². The second-order valence-electron chi connectivity index (χ2n) is 7.93. The predicted molar refractivity (Wildman–Crippen MR) is 134 cm³/mol. The Labute approximate surface area is 183 Å². The number of nitrogens with zero attached hydrogens (tertiary/aromatic N) is 2. The van der Waals surface area contributed by atoms with E-state index in [4.69, 9.17) is 12.8 Å². The first-order chi connectivity index (χ1) is 15.3. The number of thiophene rings is 1. The normalized spacial score (nSPS) is 12.0. The van der Waals surface area contributed by atoms with Crippen molar-refractivity contribution in [2.45, 2.75) is 0 Å². The van der Waals surface area contributed by atoms with E-state index in [-0.39, 0.29) is 0 Å². The molecule has 0 bridgehead atoms. The summed E-state index contributed by atoms with van der Waals surface area (Å²) in [7, 11) is 6.21. The molecule has 7 rings (SSSR count). The number of hydrogen-bond acceptors (Lipinski definition) is 2. The molecule has 7 aromatic rings. The van der Waals surface area contributed by atoms with Gasteiger partial charge in [-0.3, -0.25) is 4.57 Å². The van der Waals surface area contributed by atoms with Crippen LogP contribution in [0.2, 0.25) is 0 Å². The summed E-state index contributed by atoms with van der Waals surface area (Å²) in [5, 5.41) is 7.36. The van der Waals surface area contributed by atoms with Crippen LogP contribution in [-0.2, 0) is 0 Å². The third-order valence-electron chi connectivity index (χ3n) is 6.16. The van der Waals surface area contributed by atoms with Crippen molar-refractivity contribution in [1.82, 2.24) is 9.55 Å². The average molecular weight is 410 g/mol. The van der Waals surface area contributed by atoms with Crippen LogP contribution >= 0.6 is 11.3 Å². The van der Waals surface area contributed by atoms with Gasteiger partial charge in [-0.2, -0.15) is 0 Å². The van der Waals surface area contributed by atoms with Crippen LogP contribution in [0.4, 0.5) is 0 Å². The number of aromatic nitrogens is 2. The third-order valence-corrected chi connectivity index (χ3v) is 7.28. The van der Waals surface area contributed by atoms with E-state index < -0.39 is 0 Å². The lowest BCUT2D eigenvalue weighted by atomic mass is 9.94. The highest BCUT2D eigenvalue weighted by atomic mass is 32.1. The van der Waals surface area contributed by atoms with E-state index in [1.807, 2.05) is 12.3 Å². The molecule has 3 heterocycles. The van der Waals surface area contributed by atoms with Crippen LogP contribution in [0.5, 0.6) is 0 Å². The number of hydrogen-bond donors (Lipinski definition) is 0. The quantitative estimate of drug-likeness (QED) is 0.283. The molecule has 0 amide bonds. The lowest BCUT2D eigenvalue weighted by molar-refractivity contribution is 1.09. The van der Waals surface area contributed by atoms with Crippen molar-refractivity contribution in [2.75, 3.05) is 0 Å². The molecule has 0 N–H and O–H groups in total. The van der Waals surface area contributed by atoms with Gasteiger partial charge >= 0.3 is 0 Å². The second-order valence-corrected chi connectivity index (χ2v) is 9.01. The molecule has 2 nitrogen and oxygen atoms in total. The molecule has 4 heteroatoms. The highest BCUT2D eigenvalue weighted by molar-refractivity contribution is 7.25. The molecule has 31 heavy (non-hydrogen) atoms. The fraction of sp³-hybridized carbons (Fsp3) is 0. The van der Waals surface area contributed by atoms with Crippen LogP contribution in [-0.4, -0.2) is 17.4 Å². The molecule has 0 spiro atoms. The summed E-state index contributed by atoms with van der Waals surface area (Å²) in [4.78, 5) is 4.89. The van der Waals surface area contributed by atoms with Crippen molar-refractivity contribution < 1.29 is 0 Å². The van der Waals surface area contributed by atoms with E-state index in [0.717, 1.165) is 27.7 Å². The summed E-state index contributed by atoms with van der Waals surface area (Å²) in [6.07, 6.45) is 2.01. The van der Waals surface area contributed by atoms with Gasteiger partial charge in [0.1, 0.15) is 13.7 Å². The summed E-state index contributed by atoms with van der Waals surface area (Å²) in [5.74, 6) is 0.927. The fourth-order valence-electron chi connectivity index (χ4n) is 4.80. The van der Waals surface area contributed by atoms with Crippen molar-refractivity contribution in [3.63, 3.8) is 0 Å². The van der Waals surface area contributed by atoms with Gasteiger partial charge in [-0.05, 0) is 35.0 Å². The summed E-state index contributed by atoms with van der Waals surface area (Å²) >= 11 is 1.79. The van der Waals surface area contributed by atoms with E-state index in [1.165, 1.54) is 36.3 Å². The van der Waals surface area contributed by atoms with Gasteiger partial charge in [-0.1, -0.05) is 66.1 Å². The fourth-order valence-corrected chi connectivity index (χ4v) is 5.85. The first-order valence-corrected chi connectivity index (χ1v) is 11.1. The molecule has 0 saturated heterocycles. The highest BCUT2D eigenvalue weighted by Crippen LogP contribution is 2.38. The van der Waals surface area contributed by atoms with E-state index in [2.05, 4.69) is 83.4 Å². The van der Waals surface area contributed by atoms with Gasteiger partial charge in [-0.25, -0.2) is 4.98 Å². The van der Waals surface area contributed by atoms with Crippen LogP contribution in [0.25, 0.3) is 58.6 Å². The van der Waals surface area contributed by atoms with Crippen LogP contribution < -0.4 is 5.46 Å². The standard InChI is InChI=1S/C27H15BN2S/c28-17-10-12-22-21(13-17)27-18-6-2-1-5-16(18)9-11-23(27)30(22)26-14-20-19-7-3-4-8-24(19)31-25(20)15-29-26/h1-15H. The van der Waals surface area contributed by atoms with Crippen LogP contribution in [0.1, 0.15) is 0 Å². The summed E-state index contributed by atoms with van der Waals surface area (Å²) in [5.41, 5.74) is 3.03. The minimum atomic E-state index is 0.770. The van der Waals surface area contributed by atoms with E-state index in [9.17, 15) is 0 Å². The maximum Gasteiger partial charge on any atom is 0.138 e. The smallest absolute Gasteiger partial charge is 0.138 e. The second kappa shape index (κ2) is 6.19. The van der Waals surface area contributed by atoms with Gasteiger partial charge in [-0.15, -0.1) is 11.3 Å². The molecule has 0 aliphatic carbocycles. The predicted octanol–water partition coefficient (Wildman–Crippen LogP) is 6.49. The van der Waals surface area contributed by atoms with Crippen molar-refractivity contribution in [1.29, 1.82) is 0 Å². The molecule has 2 radical (unpaired) electrons. The van der Waals surface area contributed by atoms with Gasteiger partial charge in [0.05, 0.1) is 15.7 Å². The van der Waals surface area contributed by atoms with Gasteiger partial charge in [0.25, 0.3) is 0 Å². The molecule has 0 aliphatic heterocycles. The summed E-state index contributed by atoms with van der Waals surface area (Å²) in [6.45, 7) is 0. The van der Waals surface area contributed by atoms with Gasteiger partial charge < -0.3 is 0 Å². The molecule has 142 valence electrons. The number of pyridine rings is 1. The van der Waals surface area contributed by atoms with Crippen molar-refractivity contribution in [3.8, 4) is 5.82 Å². The Balaban J connectivity index is 1.65. The van der Waals surface area contributed by atoms with E-state index in [0.29, 0.717) is 0 Å². The average Bonchev–Trinajstić information content (AvgIpc) is 3.34. The molecular weight excluding hydrogens is 395 g/mol. The summed E-state index contributed by atoms with van der Waals surface area (Å²) < 4.78 is 4.76. The topological polar surface area (TPSA) is 17.8 Å². The zero-order valence-corrected chi connectivity index (χ0v) is 17.4. The van der Waals surface area contributed by atoms with Gasteiger partial charge in [0.15, 0.2) is 0 Å². The van der Waals surface area contributed by atoms with Crippen LogP contribution in [0.15, 0.2) is 91.1 Å². The Bertz CT molecular complexity index is 1810. The Kier molecular flexibility index (Phi) is 3.41. The molecule has 4 aromatic carbocycles. The molecular formula is C27H15BN2S. The number of benzene rings is 4. The summed E-state index contributed by atoms with van der Waals surface area (Å²) in [6, 6.07) is 29.9. The number of fused-ring (bicyclic) bond motifs is 8. The zero-order chi connectivity index (χ0) is 20.5. The first kappa shape index (κ1) is 17.1. The zero-order valence-electron chi connectivity index (χ0n) is 16.5. The molecule has 0 saturated carbocycles. The lowest BCUT2D eigenvalue weighted by Gasteiger charge is -2.08. The Morgan fingerprint density at radius 2 is 1.48 bits per heavy atom. The Morgan fingerprint density at radius 1 is 0.677 bits per heavy atom. The molecule has 0 fully saturated rings. The van der Waals surface area contributed by atoms with Crippen molar-refractivity contribution in [3.05, 3.63) is 91.1 Å². The SMILES string of the molecule is [B]c1ccc2c(c1)c1c3ccccc3ccc1n2-c1cc2c(cn1)sc1ccccc12. The first-order valence-electron chi connectivity index (χ1n) is 10.3. The van der Waals surface area contributed by atoms with Gasteiger partial charge in [0.2, 0.25) is 0 Å².